The molecule has 14 nitrogen and oxygen atoms in total. The van der Waals surface area contributed by atoms with Gasteiger partial charge in [0.15, 0.2) is 5.82 Å². The van der Waals surface area contributed by atoms with Gasteiger partial charge in [0.2, 0.25) is 5.60 Å². The molecule has 0 aliphatic carbocycles. The highest BCUT2D eigenvalue weighted by atomic mass is 31.2. The molecule has 57 heavy (non-hydrogen) atoms. The molecule has 5 rings (SSSR count). The lowest BCUT2D eigenvalue weighted by molar-refractivity contribution is -0.0763. The van der Waals surface area contributed by atoms with E-state index in [2.05, 4.69) is 22.0 Å². The Morgan fingerprint density at radius 3 is 2.23 bits per heavy atom. The average Bonchev–Trinajstić information content (AvgIpc) is 3.76. The second-order valence-corrected chi connectivity index (χ2v) is 16.7. The Bertz CT molecular complexity index is 1910. The Labute approximate surface area is 336 Å². The van der Waals surface area contributed by atoms with Gasteiger partial charge in [0.1, 0.15) is 42.8 Å². The van der Waals surface area contributed by atoms with Crippen LogP contribution in [-0.2, 0) is 29.7 Å². The number of aliphatic hydroxyl groups excluding tert-OH is 2. The minimum atomic E-state index is -4.79. The number of rotatable bonds is 27. The van der Waals surface area contributed by atoms with Crippen LogP contribution in [0.2, 0.25) is 0 Å². The molecule has 6 atom stereocenters. The quantitative estimate of drug-likeness (QED) is 0.0331. The van der Waals surface area contributed by atoms with Gasteiger partial charge in [-0.15, -0.1) is 0 Å². The number of para-hydroxylation sites is 1. The Hall–Kier alpha value is -3.51. The molecule has 1 aliphatic heterocycles. The van der Waals surface area contributed by atoms with Crippen molar-refractivity contribution in [3.05, 3.63) is 66.2 Å². The molecule has 4 aromatic rings. The van der Waals surface area contributed by atoms with E-state index in [-0.39, 0.29) is 19.0 Å². The predicted molar refractivity (Wildman–Crippen MR) is 218 cm³/mol. The van der Waals surface area contributed by atoms with E-state index in [0.717, 1.165) is 35.9 Å². The fraction of sp³-hybridized carbons (Fsp3) is 0.619. The topological polar surface area (TPSA) is 208 Å². The summed E-state index contributed by atoms with van der Waals surface area (Å²) in [6.07, 6.45) is 16.7. The summed E-state index contributed by atoms with van der Waals surface area (Å²) in [5.74, 6) is 0.183. The Kier molecular flexibility index (Phi) is 17.7. The summed E-state index contributed by atoms with van der Waals surface area (Å²) in [5.41, 5.74) is 6.02. The lowest BCUT2D eigenvalue weighted by Crippen LogP contribution is -2.45. The number of ether oxygens (including phenoxy) is 2. The van der Waals surface area contributed by atoms with Crippen LogP contribution < -0.4 is 5.73 Å². The number of phosphoric ester groups is 1. The van der Waals surface area contributed by atoms with Gasteiger partial charge in [0, 0.05) is 5.39 Å². The van der Waals surface area contributed by atoms with Gasteiger partial charge in [-0.05, 0) is 30.7 Å². The molecule has 4 heterocycles. The Morgan fingerprint density at radius 2 is 1.56 bits per heavy atom. The van der Waals surface area contributed by atoms with E-state index in [4.69, 9.17) is 24.3 Å². The van der Waals surface area contributed by atoms with Gasteiger partial charge in [-0.3, -0.25) is 14.0 Å². The first-order chi connectivity index (χ1) is 27.7. The molecule has 0 bridgehead atoms. The summed E-state index contributed by atoms with van der Waals surface area (Å²) < 4.78 is 37.3. The molecule has 15 heteroatoms. The van der Waals surface area contributed by atoms with Crippen molar-refractivity contribution in [2.24, 2.45) is 0 Å². The number of phosphoric acid groups is 1. The maximum absolute atomic E-state index is 13.2. The molecule has 0 radical (unpaired) electrons. The highest BCUT2D eigenvalue weighted by Crippen LogP contribution is 2.48. The highest BCUT2D eigenvalue weighted by molar-refractivity contribution is 7.47. The Balaban J connectivity index is 1.08. The van der Waals surface area contributed by atoms with E-state index in [0.29, 0.717) is 17.6 Å². The van der Waals surface area contributed by atoms with Crippen molar-refractivity contribution in [1.82, 2.24) is 19.6 Å². The van der Waals surface area contributed by atoms with Crippen LogP contribution in [0.15, 0.2) is 54.9 Å². The summed E-state index contributed by atoms with van der Waals surface area (Å²) in [7, 11) is -4.79. The molecule has 3 aromatic heterocycles. The normalized spacial score (nSPS) is 21.2. The van der Waals surface area contributed by atoms with Crippen molar-refractivity contribution in [1.29, 1.82) is 5.26 Å². The third-order valence-electron chi connectivity index (χ3n) is 10.8. The summed E-state index contributed by atoms with van der Waals surface area (Å²) in [6, 6.07) is 16.7. The molecule has 1 unspecified atom stereocenters. The lowest BCUT2D eigenvalue weighted by atomic mass is 9.96. The van der Waals surface area contributed by atoms with E-state index < -0.39 is 44.4 Å². The van der Waals surface area contributed by atoms with Crippen LogP contribution in [-0.4, -0.2) is 71.8 Å². The first-order valence-electron chi connectivity index (χ1n) is 20.8. The summed E-state index contributed by atoms with van der Waals surface area (Å²) >= 11 is 0. The number of nitrogens with two attached hydrogens (primary N) is 1. The minimum Gasteiger partial charge on any atom is -0.387 e. The third-order valence-corrected chi connectivity index (χ3v) is 11.7. The van der Waals surface area contributed by atoms with Crippen LogP contribution in [0.4, 0.5) is 5.82 Å². The van der Waals surface area contributed by atoms with Crippen molar-refractivity contribution in [2.45, 2.75) is 153 Å². The van der Waals surface area contributed by atoms with Gasteiger partial charge in [-0.25, -0.2) is 14.1 Å². The minimum absolute atomic E-state index is 0.177. The van der Waals surface area contributed by atoms with Gasteiger partial charge in [-0.2, -0.15) is 10.4 Å². The Morgan fingerprint density at radius 1 is 0.912 bits per heavy atom. The number of unbranched alkanes of at least 4 members (excludes halogenated alkanes) is 15. The molecule has 0 amide bonds. The van der Waals surface area contributed by atoms with Crippen molar-refractivity contribution >= 4 is 30.1 Å². The van der Waals surface area contributed by atoms with Crippen LogP contribution in [0.1, 0.15) is 134 Å². The van der Waals surface area contributed by atoms with E-state index in [1.165, 1.54) is 94.3 Å². The number of anilines is 1. The standard InChI is InChI=1S/C42H61N6O8P/c1-2-3-4-5-6-7-8-9-10-11-12-13-14-15-16-17-21-34(53-27-33-24-23-32-20-18-19-22-35(32)47-33)28-54-57(51,52)55-30-42(29-43)40(50)38(49)39(56-42)36-25-26-37-41(44)45-31-46-48(36)37/h18-20,22-26,31,34,38-40,49-50H,2-17,21,27-28,30H2,1H3,(H,51,52)(H2,44,45,46)/t34-,38-,39-,40-,42+/m0/s1. The number of aliphatic hydroxyl groups is 2. The van der Waals surface area contributed by atoms with Gasteiger partial charge in [0.05, 0.1) is 36.2 Å². The fourth-order valence-corrected chi connectivity index (χ4v) is 8.18. The van der Waals surface area contributed by atoms with Gasteiger partial charge in [0.25, 0.3) is 0 Å². The monoisotopic (exact) mass is 808 g/mol. The summed E-state index contributed by atoms with van der Waals surface area (Å²) in [6.45, 7) is 1.31. The van der Waals surface area contributed by atoms with Gasteiger partial charge < -0.3 is 30.3 Å². The number of hydrogen-bond donors (Lipinski definition) is 4. The van der Waals surface area contributed by atoms with E-state index in [1.807, 2.05) is 42.5 Å². The molecular weight excluding hydrogens is 747 g/mol. The number of benzene rings is 1. The molecule has 0 spiro atoms. The second-order valence-electron chi connectivity index (χ2n) is 15.2. The smallest absolute Gasteiger partial charge is 0.387 e. The van der Waals surface area contributed by atoms with Crippen LogP contribution in [0.3, 0.4) is 0 Å². The zero-order valence-electron chi connectivity index (χ0n) is 33.3. The number of aromatic nitrogens is 4. The molecular formula is C42H61N6O8P. The SMILES string of the molecule is CCCCCCCCCCCCCCCCCC[C@@H](COP(=O)(O)OC[C@@]1(C#N)O[C@@H](c2ccc3c(N)ncnn23)[C@H](O)[C@@H]1O)OCc1ccc2ccccc2n1. The molecule has 1 saturated heterocycles. The average molecular weight is 809 g/mol. The van der Waals surface area contributed by atoms with Gasteiger partial charge >= 0.3 is 7.82 Å². The van der Waals surface area contributed by atoms with Crippen molar-refractivity contribution < 1.29 is 38.2 Å². The highest BCUT2D eigenvalue weighted by Gasteiger charge is 2.57. The van der Waals surface area contributed by atoms with Crippen LogP contribution in [0, 0.1) is 11.3 Å². The molecule has 0 saturated carbocycles. The predicted octanol–water partition coefficient (Wildman–Crippen LogP) is 8.29. The number of nitriles is 1. The lowest BCUT2D eigenvalue weighted by Gasteiger charge is -2.26. The van der Waals surface area contributed by atoms with E-state index in [1.54, 1.807) is 12.1 Å². The first kappa shape index (κ1) is 44.6. The van der Waals surface area contributed by atoms with E-state index in [9.17, 15) is 24.9 Å². The second kappa shape index (κ2) is 22.6. The maximum atomic E-state index is 13.2. The van der Waals surface area contributed by atoms with Crippen molar-refractivity contribution in [2.75, 3.05) is 18.9 Å². The number of pyridine rings is 1. The molecule has 1 fully saturated rings. The zero-order valence-corrected chi connectivity index (χ0v) is 34.2. The molecule has 1 aromatic carbocycles. The zero-order chi connectivity index (χ0) is 40.5. The molecule has 312 valence electrons. The number of nitrogens with zero attached hydrogens (tertiary/aromatic N) is 5. The number of nitrogen functional groups attached to an aromatic ring is 1. The summed E-state index contributed by atoms with van der Waals surface area (Å²) in [5, 5.41) is 37.1. The fourth-order valence-electron chi connectivity index (χ4n) is 7.39. The first-order valence-corrected chi connectivity index (χ1v) is 22.3. The number of fused-ring (bicyclic) bond motifs is 2. The van der Waals surface area contributed by atoms with Crippen LogP contribution in [0.5, 0.6) is 0 Å². The molecule has 5 N–H and O–H groups in total. The third kappa shape index (κ3) is 13.0. The van der Waals surface area contributed by atoms with E-state index >= 15 is 0 Å². The van der Waals surface area contributed by atoms with Gasteiger partial charge in [-0.1, -0.05) is 134 Å². The molecule has 1 aliphatic rings. The van der Waals surface area contributed by atoms with Crippen LogP contribution >= 0.6 is 7.82 Å². The number of hydrogen-bond acceptors (Lipinski definition) is 12. The largest absolute Gasteiger partial charge is 0.472 e. The van der Waals surface area contributed by atoms with Crippen molar-refractivity contribution in [3.8, 4) is 6.07 Å². The van der Waals surface area contributed by atoms with Crippen molar-refractivity contribution in [3.63, 3.8) is 0 Å². The van der Waals surface area contributed by atoms with Crippen LogP contribution in [0.25, 0.3) is 16.4 Å². The summed E-state index contributed by atoms with van der Waals surface area (Å²) in [4.78, 5) is 19.3. The maximum Gasteiger partial charge on any atom is 0.472 e.